The van der Waals surface area contributed by atoms with Crippen molar-refractivity contribution in [2.45, 2.75) is 39.3 Å². The quantitative estimate of drug-likeness (QED) is 0.808. The third-order valence-corrected chi connectivity index (χ3v) is 4.44. The second-order valence-corrected chi connectivity index (χ2v) is 7.36. The zero-order valence-electron chi connectivity index (χ0n) is 13.0. The Kier molecular flexibility index (Phi) is 3.87. The highest BCUT2D eigenvalue weighted by Gasteiger charge is 2.27. The van der Waals surface area contributed by atoms with Gasteiger partial charge >= 0.3 is 6.09 Å². The van der Waals surface area contributed by atoms with E-state index in [1.807, 2.05) is 32.9 Å². The molecular weight excluding hydrogens is 298 g/mol. The Labute approximate surface area is 134 Å². The summed E-state index contributed by atoms with van der Waals surface area (Å²) in [4.78, 5) is 23.8. The van der Waals surface area contributed by atoms with Crippen molar-refractivity contribution in [3.63, 3.8) is 0 Å². The number of aromatic nitrogens is 2. The molecule has 1 aliphatic heterocycles. The van der Waals surface area contributed by atoms with Crippen LogP contribution >= 0.6 is 11.3 Å². The molecule has 5 nitrogen and oxygen atoms in total. The molecule has 0 spiro atoms. The fraction of sp³-hybridized carbons (Fsp3) is 0.438. The molecule has 0 aliphatic carbocycles. The Morgan fingerprint density at radius 1 is 1.32 bits per heavy atom. The van der Waals surface area contributed by atoms with Gasteiger partial charge in [-0.2, -0.15) is 0 Å². The summed E-state index contributed by atoms with van der Waals surface area (Å²) in [5.74, 6) is 0. The molecule has 0 radical (unpaired) electrons. The second kappa shape index (κ2) is 5.68. The van der Waals surface area contributed by atoms with Gasteiger partial charge in [0.25, 0.3) is 0 Å². The lowest BCUT2D eigenvalue weighted by Crippen LogP contribution is -2.39. The fourth-order valence-electron chi connectivity index (χ4n) is 2.30. The molecule has 22 heavy (non-hydrogen) atoms. The molecule has 0 unspecified atom stereocenters. The van der Waals surface area contributed by atoms with Crippen LogP contribution in [0, 0.1) is 0 Å². The number of amides is 1. The largest absolute Gasteiger partial charge is 0.444 e. The molecule has 0 N–H and O–H groups in total. The zero-order chi connectivity index (χ0) is 15.7. The van der Waals surface area contributed by atoms with Crippen molar-refractivity contribution < 1.29 is 9.53 Å². The van der Waals surface area contributed by atoms with Crippen LogP contribution in [0.4, 0.5) is 4.79 Å². The van der Waals surface area contributed by atoms with Gasteiger partial charge in [-0.05, 0) is 32.9 Å². The van der Waals surface area contributed by atoms with Crippen molar-refractivity contribution >= 4 is 17.4 Å². The molecular formula is C16H19N3O2S. The van der Waals surface area contributed by atoms with Crippen molar-refractivity contribution in [2.24, 2.45) is 0 Å². The Bertz CT molecular complexity index is 676. The van der Waals surface area contributed by atoms with E-state index in [9.17, 15) is 4.79 Å². The van der Waals surface area contributed by atoms with Gasteiger partial charge in [0.05, 0.1) is 12.2 Å². The number of rotatable bonds is 1. The van der Waals surface area contributed by atoms with Crippen molar-refractivity contribution in [1.82, 2.24) is 14.9 Å². The SMILES string of the molecule is CC(C)(C)OC(=O)N1CCc2nc(-c3ccncc3)sc2C1. The molecule has 116 valence electrons. The molecule has 2 aromatic heterocycles. The number of nitrogens with zero attached hydrogens (tertiary/aromatic N) is 3. The van der Waals surface area contributed by atoms with Crippen molar-refractivity contribution in [3.8, 4) is 10.6 Å². The highest BCUT2D eigenvalue weighted by Crippen LogP contribution is 2.31. The molecule has 1 amide bonds. The van der Waals surface area contributed by atoms with Crippen LogP contribution in [0.3, 0.4) is 0 Å². The number of carbonyl (C=O) groups is 1. The van der Waals surface area contributed by atoms with Gasteiger partial charge < -0.3 is 9.64 Å². The number of pyridine rings is 1. The molecule has 1 aliphatic rings. The first-order valence-electron chi connectivity index (χ1n) is 7.29. The summed E-state index contributed by atoms with van der Waals surface area (Å²) in [6.45, 7) is 6.88. The average molecular weight is 317 g/mol. The van der Waals surface area contributed by atoms with E-state index in [0.29, 0.717) is 13.1 Å². The number of thiazole rings is 1. The molecule has 2 aromatic rings. The van der Waals surface area contributed by atoms with Crippen LogP contribution in [0.5, 0.6) is 0 Å². The first-order chi connectivity index (χ1) is 10.4. The van der Waals surface area contributed by atoms with Crippen molar-refractivity contribution in [1.29, 1.82) is 0 Å². The first kappa shape index (κ1) is 15.0. The third-order valence-electron chi connectivity index (χ3n) is 3.31. The highest BCUT2D eigenvalue weighted by molar-refractivity contribution is 7.15. The standard InChI is InChI=1S/C16H19N3O2S/c1-16(2,3)21-15(20)19-9-6-12-13(10-19)22-14(18-12)11-4-7-17-8-5-11/h4-5,7-8H,6,9-10H2,1-3H3. The van der Waals surface area contributed by atoms with Crippen LogP contribution in [-0.4, -0.2) is 33.1 Å². The molecule has 3 rings (SSSR count). The molecule has 0 saturated heterocycles. The minimum Gasteiger partial charge on any atom is -0.444 e. The number of fused-ring (bicyclic) bond motifs is 1. The Balaban J connectivity index is 1.77. The smallest absolute Gasteiger partial charge is 0.410 e. The van der Waals surface area contributed by atoms with E-state index in [-0.39, 0.29) is 6.09 Å². The van der Waals surface area contributed by atoms with Gasteiger partial charge in [0.15, 0.2) is 0 Å². The van der Waals surface area contributed by atoms with Gasteiger partial charge in [-0.3, -0.25) is 4.98 Å². The highest BCUT2D eigenvalue weighted by atomic mass is 32.1. The monoisotopic (exact) mass is 317 g/mol. The van der Waals surface area contributed by atoms with Gasteiger partial charge in [0.2, 0.25) is 0 Å². The van der Waals surface area contributed by atoms with E-state index in [0.717, 1.165) is 27.6 Å². The van der Waals surface area contributed by atoms with Crippen LogP contribution in [0.1, 0.15) is 31.3 Å². The van der Waals surface area contributed by atoms with Gasteiger partial charge in [-0.25, -0.2) is 9.78 Å². The van der Waals surface area contributed by atoms with Gasteiger partial charge in [0.1, 0.15) is 10.6 Å². The maximum Gasteiger partial charge on any atom is 0.410 e. The molecule has 0 aromatic carbocycles. The fourth-order valence-corrected chi connectivity index (χ4v) is 3.42. The van der Waals surface area contributed by atoms with E-state index >= 15 is 0 Å². The van der Waals surface area contributed by atoms with Crippen molar-refractivity contribution in [2.75, 3.05) is 6.54 Å². The predicted molar refractivity (Wildman–Crippen MR) is 85.7 cm³/mol. The predicted octanol–water partition coefficient (Wildman–Crippen LogP) is 3.50. The van der Waals surface area contributed by atoms with Gasteiger partial charge in [-0.1, -0.05) is 0 Å². The van der Waals surface area contributed by atoms with E-state index in [4.69, 9.17) is 9.72 Å². The van der Waals surface area contributed by atoms with Crippen LogP contribution in [0.15, 0.2) is 24.5 Å². The molecule has 0 bridgehead atoms. The molecule has 0 fully saturated rings. The minimum atomic E-state index is -0.465. The van der Waals surface area contributed by atoms with Crippen LogP contribution in [0.2, 0.25) is 0 Å². The zero-order valence-corrected chi connectivity index (χ0v) is 13.8. The summed E-state index contributed by atoms with van der Waals surface area (Å²) in [5.41, 5.74) is 1.70. The summed E-state index contributed by atoms with van der Waals surface area (Å²) in [5, 5.41) is 0.985. The van der Waals surface area contributed by atoms with Crippen LogP contribution in [0.25, 0.3) is 10.6 Å². The normalized spacial score (nSPS) is 14.6. The Hall–Kier alpha value is -1.95. The van der Waals surface area contributed by atoms with Crippen molar-refractivity contribution in [3.05, 3.63) is 35.1 Å². The Morgan fingerprint density at radius 3 is 2.73 bits per heavy atom. The first-order valence-corrected chi connectivity index (χ1v) is 8.11. The van der Waals surface area contributed by atoms with Gasteiger partial charge in [0, 0.05) is 35.8 Å². The maximum atomic E-state index is 12.2. The minimum absolute atomic E-state index is 0.253. The third kappa shape index (κ3) is 3.27. The number of hydrogen-bond acceptors (Lipinski definition) is 5. The van der Waals surface area contributed by atoms with Crippen LogP contribution in [-0.2, 0) is 17.7 Å². The van der Waals surface area contributed by atoms with E-state index in [1.54, 1.807) is 28.6 Å². The summed E-state index contributed by atoms with van der Waals surface area (Å²) in [6, 6.07) is 3.91. The summed E-state index contributed by atoms with van der Waals surface area (Å²) in [7, 11) is 0. The summed E-state index contributed by atoms with van der Waals surface area (Å²) < 4.78 is 5.45. The molecule has 3 heterocycles. The molecule has 0 saturated carbocycles. The molecule has 0 atom stereocenters. The lowest BCUT2D eigenvalue weighted by atomic mass is 10.2. The number of hydrogen-bond donors (Lipinski definition) is 0. The van der Waals surface area contributed by atoms with Crippen LogP contribution < -0.4 is 0 Å². The van der Waals surface area contributed by atoms with Gasteiger partial charge in [-0.15, -0.1) is 11.3 Å². The second-order valence-electron chi connectivity index (χ2n) is 6.28. The Morgan fingerprint density at radius 2 is 2.05 bits per heavy atom. The maximum absolute atomic E-state index is 12.2. The van der Waals surface area contributed by atoms with E-state index in [1.165, 1.54) is 0 Å². The average Bonchev–Trinajstić information content (AvgIpc) is 2.89. The summed E-state index contributed by atoms with van der Waals surface area (Å²) >= 11 is 1.64. The number of ether oxygens (including phenoxy) is 1. The lowest BCUT2D eigenvalue weighted by molar-refractivity contribution is 0.0225. The lowest BCUT2D eigenvalue weighted by Gasteiger charge is -2.29. The van der Waals surface area contributed by atoms with E-state index in [2.05, 4.69) is 4.98 Å². The number of carbonyl (C=O) groups excluding carboxylic acids is 1. The summed E-state index contributed by atoms with van der Waals surface area (Å²) in [6.07, 6.45) is 4.05. The topological polar surface area (TPSA) is 55.3 Å². The van der Waals surface area contributed by atoms with E-state index < -0.39 is 5.60 Å². The molecule has 6 heteroatoms.